The molecule has 1 N–H and O–H groups in total. The number of hydrogen-bond donors (Lipinski definition) is 1. The fraction of sp³-hybridized carbons (Fsp3) is 0.333. The predicted molar refractivity (Wildman–Crippen MR) is 127 cm³/mol. The first kappa shape index (κ1) is 24.8. The first-order valence-electron chi connectivity index (χ1n) is 10.7. The van der Waals surface area contributed by atoms with Crippen molar-refractivity contribution in [3.05, 3.63) is 89.0 Å². The molecule has 2 unspecified atom stereocenters. The van der Waals surface area contributed by atoms with E-state index in [1.807, 2.05) is 36.4 Å². The number of aromatic nitrogens is 3. The lowest BCUT2D eigenvalue weighted by Gasteiger charge is -2.37. The summed E-state index contributed by atoms with van der Waals surface area (Å²) in [7, 11) is 0. The summed E-state index contributed by atoms with van der Waals surface area (Å²) < 4.78 is 41.3. The second kappa shape index (κ2) is 11.0. The summed E-state index contributed by atoms with van der Waals surface area (Å²) in [5.41, 5.74) is -0.714. The Labute approximate surface area is 205 Å². The summed E-state index contributed by atoms with van der Waals surface area (Å²) in [5, 5.41) is 15.7. The lowest BCUT2D eigenvalue weighted by atomic mass is 9.90. The summed E-state index contributed by atoms with van der Waals surface area (Å²) >= 11 is 7.32. The minimum atomic E-state index is -1.68. The summed E-state index contributed by atoms with van der Waals surface area (Å²) in [5.74, 6) is -1.53. The first-order chi connectivity index (χ1) is 16.3. The average Bonchev–Trinajstić information content (AvgIpc) is 3.32. The molecule has 1 fully saturated rings. The Morgan fingerprint density at radius 1 is 1.24 bits per heavy atom. The van der Waals surface area contributed by atoms with Crippen LogP contribution in [0.3, 0.4) is 0 Å². The highest BCUT2D eigenvalue weighted by atomic mass is 35.5. The largest absolute Gasteiger partial charge is 0.382 e. The van der Waals surface area contributed by atoms with Gasteiger partial charge in [-0.15, -0.1) is 11.8 Å². The topological polar surface area (TPSA) is 69.4 Å². The molecule has 6 nitrogen and oxygen atoms in total. The van der Waals surface area contributed by atoms with Crippen molar-refractivity contribution in [1.82, 2.24) is 14.8 Å². The van der Waals surface area contributed by atoms with Gasteiger partial charge in [-0.25, -0.2) is 18.4 Å². The molecule has 0 bridgehead atoms. The number of aliphatic hydroxyl groups is 1. The zero-order valence-corrected chi connectivity index (χ0v) is 19.9. The Kier molecular flexibility index (Phi) is 8.00. The van der Waals surface area contributed by atoms with Crippen molar-refractivity contribution in [3.63, 3.8) is 0 Å². The zero-order chi connectivity index (χ0) is 24.1. The van der Waals surface area contributed by atoms with E-state index >= 15 is 0 Å². The quantitative estimate of drug-likeness (QED) is 0.477. The van der Waals surface area contributed by atoms with Crippen molar-refractivity contribution in [2.45, 2.75) is 35.9 Å². The third kappa shape index (κ3) is 6.03. The Balaban J connectivity index is 1.41. The molecule has 0 spiro atoms. The number of hydrogen-bond acceptors (Lipinski definition) is 6. The summed E-state index contributed by atoms with van der Waals surface area (Å²) in [4.78, 5) is 3.89. The highest BCUT2D eigenvalue weighted by Gasteiger charge is 2.41. The molecule has 1 aliphatic rings. The molecule has 34 heavy (non-hydrogen) atoms. The van der Waals surface area contributed by atoms with Gasteiger partial charge in [0.1, 0.15) is 29.9 Å². The number of nitrogens with zero attached hydrogens (tertiary/aromatic N) is 3. The van der Waals surface area contributed by atoms with E-state index in [9.17, 15) is 13.9 Å². The Bertz CT molecular complexity index is 1110. The van der Waals surface area contributed by atoms with E-state index in [0.29, 0.717) is 18.2 Å². The van der Waals surface area contributed by atoms with E-state index in [1.165, 1.54) is 35.2 Å². The van der Waals surface area contributed by atoms with Crippen LogP contribution in [-0.4, -0.2) is 49.9 Å². The van der Waals surface area contributed by atoms with Gasteiger partial charge in [0, 0.05) is 21.9 Å². The van der Waals surface area contributed by atoms with Gasteiger partial charge in [-0.3, -0.25) is 0 Å². The van der Waals surface area contributed by atoms with E-state index < -0.39 is 28.8 Å². The van der Waals surface area contributed by atoms with Crippen molar-refractivity contribution in [3.8, 4) is 0 Å². The van der Waals surface area contributed by atoms with Gasteiger partial charge in [-0.05, 0) is 29.8 Å². The third-order valence-corrected chi connectivity index (χ3v) is 7.25. The van der Waals surface area contributed by atoms with Gasteiger partial charge in [0.15, 0.2) is 6.29 Å². The van der Waals surface area contributed by atoms with Crippen molar-refractivity contribution < 1.29 is 23.4 Å². The Hall–Kier alpha value is -2.30. The number of rotatable bonds is 8. The molecule has 1 saturated heterocycles. The SMILES string of the molecule is CC(SC1COC(/C=C/c2ccc(Cl)cc2)OC1)C(O)(Cn1cncn1)c1ccc(F)cc1F. The second-order valence-corrected chi connectivity index (χ2v) is 10.1. The van der Waals surface area contributed by atoms with E-state index in [2.05, 4.69) is 10.1 Å². The fourth-order valence-corrected chi connectivity index (χ4v) is 5.13. The van der Waals surface area contributed by atoms with E-state index in [1.54, 1.807) is 6.92 Å². The predicted octanol–water partition coefficient (Wildman–Crippen LogP) is 4.67. The number of halogens is 3. The van der Waals surface area contributed by atoms with Gasteiger partial charge in [0.05, 0.1) is 25.0 Å². The number of benzene rings is 2. The maximum absolute atomic E-state index is 14.7. The van der Waals surface area contributed by atoms with Gasteiger partial charge in [0.2, 0.25) is 0 Å². The number of thioether (sulfide) groups is 1. The monoisotopic (exact) mass is 507 g/mol. The maximum atomic E-state index is 14.7. The minimum Gasteiger partial charge on any atom is -0.382 e. The summed E-state index contributed by atoms with van der Waals surface area (Å²) in [6, 6.07) is 10.6. The van der Waals surface area contributed by atoms with E-state index in [4.69, 9.17) is 21.1 Å². The molecule has 2 aromatic carbocycles. The van der Waals surface area contributed by atoms with Crippen LogP contribution in [0, 0.1) is 11.6 Å². The van der Waals surface area contributed by atoms with E-state index in [0.717, 1.165) is 17.7 Å². The smallest absolute Gasteiger partial charge is 0.177 e. The van der Waals surface area contributed by atoms with Gasteiger partial charge < -0.3 is 14.6 Å². The van der Waals surface area contributed by atoms with Crippen LogP contribution in [-0.2, 0) is 21.6 Å². The Morgan fingerprint density at radius 2 is 1.97 bits per heavy atom. The average molecular weight is 508 g/mol. The van der Waals surface area contributed by atoms with Crippen molar-refractivity contribution in [1.29, 1.82) is 0 Å². The van der Waals surface area contributed by atoms with Crippen LogP contribution in [0.5, 0.6) is 0 Å². The van der Waals surface area contributed by atoms with Gasteiger partial charge in [-0.2, -0.15) is 5.10 Å². The molecule has 3 aromatic rings. The van der Waals surface area contributed by atoms with Gasteiger partial charge in [-0.1, -0.05) is 42.8 Å². The summed E-state index contributed by atoms with van der Waals surface area (Å²) in [6.07, 6.45) is 5.99. The van der Waals surface area contributed by atoms with Crippen LogP contribution in [0.1, 0.15) is 18.1 Å². The molecule has 0 radical (unpaired) electrons. The summed E-state index contributed by atoms with van der Waals surface area (Å²) in [6.45, 7) is 2.51. The molecule has 0 aliphatic carbocycles. The fourth-order valence-electron chi connectivity index (χ4n) is 3.69. The molecule has 4 rings (SSSR count). The molecule has 0 saturated carbocycles. The normalized spacial score (nSPS) is 21.4. The molecular formula is C24H24ClF2N3O3S. The van der Waals surface area contributed by atoms with Crippen LogP contribution >= 0.6 is 23.4 Å². The highest BCUT2D eigenvalue weighted by Crippen LogP contribution is 2.38. The lowest BCUT2D eigenvalue weighted by Crippen LogP contribution is -2.43. The van der Waals surface area contributed by atoms with Crippen LogP contribution in [0.15, 0.2) is 61.2 Å². The minimum absolute atomic E-state index is 0.00850. The standard InChI is InChI=1S/C24H24ClF2N3O3S/c1-16(24(31,13-30-15-28-14-29-30)21-8-7-19(26)10-22(21)27)34-20-11-32-23(33-12-20)9-4-17-2-5-18(25)6-3-17/h2-10,14-16,20,23,31H,11-13H2,1H3/b9-4+. The molecule has 2 heterocycles. The first-order valence-corrected chi connectivity index (χ1v) is 12.0. The second-order valence-electron chi connectivity index (χ2n) is 7.99. The molecule has 180 valence electrons. The van der Waals surface area contributed by atoms with Crippen LogP contribution < -0.4 is 0 Å². The molecule has 1 aromatic heterocycles. The van der Waals surface area contributed by atoms with Gasteiger partial charge >= 0.3 is 0 Å². The van der Waals surface area contributed by atoms with Gasteiger partial charge in [0.25, 0.3) is 0 Å². The maximum Gasteiger partial charge on any atom is 0.177 e. The van der Waals surface area contributed by atoms with Crippen molar-refractivity contribution in [2.75, 3.05) is 13.2 Å². The lowest BCUT2D eigenvalue weighted by molar-refractivity contribution is -0.146. The highest BCUT2D eigenvalue weighted by molar-refractivity contribution is 8.00. The van der Waals surface area contributed by atoms with Crippen molar-refractivity contribution in [2.24, 2.45) is 0 Å². The zero-order valence-electron chi connectivity index (χ0n) is 18.4. The molecular weight excluding hydrogens is 484 g/mol. The van der Waals surface area contributed by atoms with Crippen LogP contribution in [0.2, 0.25) is 5.02 Å². The van der Waals surface area contributed by atoms with Crippen LogP contribution in [0.25, 0.3) is 6.08 Å². The number of ether oxygens (including phenoxy) is 2. The van der Waals surface area contributed by atoms with E-state index in [-0.39, 0.29) is 17.4 Å². The molecule has 0 amide bonds. The van der Waals surface area contributed by atoms with Crippen molar-refractivity contribution >= 4 is 29.4 Å². The third-order valence-electron chi connectivity index (χ3n) is 5.54. The molecule has 10 heteroatoms. The van der Waals surface area contributed by atoms with Crippen LogP contribution in [0.4, 0.5) is 8.78 Å². The Morgan fingerprint density at radius 3 is 2.62 bits per heavy atom. The molecule has 2 atom stereocenters. The molecule has 1 aliphatic heterocycles.